The van der Waals surface area contributed by atoms with E-state index in [1.165, 1.54) is 6.26 Å². The van der Waals surface area contributed by atoms with Crippen LogP contribution in [0.5, 0.6) is 0 Å². The van der Waals surface area contributed by atoms with E-state index in [0.29, 0.717) is 12.1 Å². The summed E-state index contributed by atoms with van der Waals surface area (Å²) in [7, 11) is -1.23. The molecule has 3 atom stereocenters. The first-order valence-corrected chi connectivity index (χ1v) is 11.2. The number of hydrogen-bond acceptors (Lipinski definition) is 5. The molecular weight excluding hydrogens is 388 g/mol. The van der Waals surface area contributed by atoms with Crippen molar-refractivity contribution in [2.75, 3.05) is 38.8 Å². The van der Waals surface area contributed by atoms with Crippen LogP contribution in [0.25, 0.3) is 0 Å². The molecule has 152 valence electrons. The maximum absolute atomic E-state index is 11.6. The van der Waals surface area contributed by atoms with Crippen LogP contribution >= 0.6 is 12.4 Å². The molecule has 1 amide bonds. The molecule has 1 aliphatic heterocycles. The summed E-state index contributed by atoms with van der Waals surface area (Å²) >= 11 is 0. The zero-order valence-electron chi connectivity index (χ0n) is 15.9. The van der Waals surface area contributed by atoms with Crippen LogP contribution in [0.2, 0.25) is 0 Å². The van der Waals surface area contributed by atoms with Crippen molar-refractivity contribution in [3.63, 3.8) is 0 Å². The standard InChI is InChI=1S/C19H28N2O4S.ClH/c1-25-19(15-6-3-5-14(11-15)18(20)22)16-7-4-8-17(19)13-21(12-16)9-10-26(2,23)24;/h3,5-6,11,16-17H,4,7-10,12-13H2,1-2H3,(H2,20,22);1H/t16-,17+,19-;. The Kier molecular flexibility index (Phi) is 6.95. The van der Waals surface area contributed by atoms with E-state index in [1.54, 1.807) is 13.2 Å². The number of amides is 1. The zero-order chi connectivity index (χ0) is 18.9. The molecule has 3 rings (SSSR count). The van der Waals surface area contributed by atoms with E-state index in [4.69, 9.17) is 10.5 Å². The van der Waals surface area contributed by atoms with Crippen LogP contribution in [0.4, 0.5) is 0 Å². The van der Waals surface area contributed by atoms with E-state index in [-0.39, 0.29) is 30.0 Å². The topological polar surface area (TPSA) is 89.7 Å². The highest BCUT2D eigenvalue weighted by atomic mass is 35.5. The van der Waals surface area contributed by atoms with Gasteiger partial charge in [0.1, 0.15) is 15.4 Å². The van der Waals surface area contributed by atoms with Gasteiger partial charge in [0.2, 0.25) is 5.91 Å². The predicted molar refractivity (Wildman–Crippen MR) is 108 cm³/mol. The number of sulfone groups is 1. The number of methoxy groups -OCH3 is 1. The molecule has 2 bridgehead atoms. The van der Waals surface area contributed by atoms with Gasteiger partial charge in [0.25, 0.3) is 0 Å². The number of primary amides is 1. The van der Waals surface area contributed by atoms with E-state index in [0.717, 1.165) is 37.9 Å². The molecule has 0 radical (unpaired) electrons. The highest BCUT2D eigenvalue weighted by Crippen LogP contribution is 2.51. The number of carbonyl (C=O) groups is 1. The van der Waals surface area contributed by atoms with Crippen molar-refractivity contribution in [2.24, 2.45) is 17.6 Å². The van der Waals surface area contributed by atoms with E-state index >= 15 is 0 Å². The molecular formula is C19H29ClN2O4S. The Hall–Kier alpha value is -1.15. The monoisotopic (exact) mass is 416 g/mol. The number of ether oxygens (including phenoxy) is 1. The third-order valence-electron chi connectivity index (χ3n) is 5.99. The number of hydrogen-bond donors (Lipinski definition) is 1. The maximum Gasteiger partial charge on any atom is 0.248 e. The van der Waals surface area contributed by atoms with Gasteiger partial charge < -0.3 is 15.4 Å². The van der Waals surface area contributed by atoms with E-state index in [9.17, 15) is 13.2 Å². The molecule has 2 N–H and O–H groups in total. The minimum atomic E-state index is -2.97. The molecule has 1 heterocycles. The molecule has 0 spiro atoms. The van der Waals surface area contributed by atoms with Crippen molar-refractivity contribution in [1.82, 2.24) is 4.90 Å². The quantitative estimate of drug-likeness (QED) is 0.764. The van der Waals surface area contributed by atoms with Gasteiger partial charge >= 0.3 is 0 Å². The lowest BCUT2D eigenvalue weighted by molar-refractivity contribution is -0.168. The maximum atomic E-state index is 11.6. The fourth-order valence-electron chi connectivity index (χ4n) is 4.84. The Morgan fingerprint density at radius 3 is 2.44 bits per heavy atom. The van der Waals surface area contributed by atoms with Crippen molar-refractivity contribution in [3.05, 3.63) is 35.4 Å². The summed E-state index contributed by atoms with van der Waals surface area (Å²) in [5.74, 6) is 0.281. The fraction of sp³-hybridized carbons (Fsp3) is 0.632. The van der Waals surface area contributed by atoms with Gasteiger partial charge in [-0.25, -0.2) is 8.42 Å². The molecule has 8 heteroatoms. The first kappa shape index (κ1) is 22.1. The van der Waals surface area contributed by atoms with Crippen molar-refractivity contribution in [3.8, 4) is 0 Å². The van der Waals surface area contributed by atoms with Crippen molar-refractivity contribution >= 4 is 28.2 Å². The lowest BCUT2D eigenvalue weighted by Crippen LogP contribution is -2.59. The molecule has 1 saturated heterocycles. The average molecular weight is 417 g/mol. The van der Waals surface area contributed by atoms with Crippen LogP contribution in [0.3, 0.4) is 0 Å². The number of rotatable bonds is 6. The molecule has 2 fully saturated rings. The fourth-order valence-corrected chi connectivity index (χ4v) is 5.43. The van der Waals surface area contributed by atoms with Crippen LogP contribution in [0.15, 0.2) is 24.3 Å². The number of nitrogens with zero attached hydrogens (tertiary/aromatic N) is 1. The molecule has 1 saturated carbocycles. The summed E-state index contributed by atoms with van der Waals surface area (Å²) in [6.07, 6.45) is 4.49. The van der Waals surface area contributed by atoms with Crippen molar-refractivity contribution < 1.29 is 17.9 Å². The van der Waals surface area contributed by atoms with Crippen LogP contribution in [-0.2, 0) is 20.2 Å². The zero-order valence-corrected chi connectivity index (χ0v) is 17.5. The molecule has 6 nitrogen and oxygen atoms in total. The van der Waals surface area contributed by atoms with Crippen LogP contribution in [-0.4, -0.2) is 58.0 Å². The molecule has 2 aliphatic rings. The largest absolute Gasteiger partial charge is 0.373 e. The number of carbonyl (C=O) groups excluding carboxylic acids is 1. The first-order valence-electron chi connectivity index (χ1n) is 9.12. The Morgan fingerprint density at radius 2 is 1.93 bits per heavy atom. The highest BCUT2D eigenvalue weighted by molar-refractivity contribution is 7.90. The smallest absolute Gasteiger partial charge is 0.248 e. The summed E-state index contributed by atoms with van der Waals surface area (Å²) in [5.41, 5.74) is 6.54. The van der Waals surface area contributed by atoms with Crippen molar-refractivity contribution in [1.29, 1.82) is 0 Å². The molecule has 0 unspecified atom stereocenters. The van der Waals surface area contributed by atoms with E-state index in [2.05, 4.69) is 4.90 Å². The second-order valence-corrected chi connectivity index (χ2v) is 9.92. The SMILES string of the molecule is CO[C@]1(c2cccc(C(N)=O)c2)[C@@H]2CCC[C@H]1CN(CCS(C)(=O)=O)C2.Cl. The minimum absolute atomic E-state index is 0. The molecule has 1 aromatic rings. The Balaban J connectivity index is 0.00000261. The summed E-state index contributed by atoms with van der Waals surface area (Å²) in [6.45, 7) is 2.17. The molecule has 27 heavy (non-hydrogen) atoms. The third kappa shape index (κ3) is 4.47. The predicted octanol–water partition coefficient (Wildman–Crippen LogP) is 1.83. The van der Waals surface area contributed by atoms with Gasteiger partial charge in [-0.15, -0.1) is 12.4 Å². The highest BCUT2D eigenvalue weighted by Gasteiger charge is 2.53. The lowest BCUT2D eigenvalue weighted by Gasteiger charge is -2.55. The Bertz CT molecular complexity index is 770. The van der Waals surface area contributed by atoms with Crippen LogP contribution in [0.1, 0.15) is 35.2 Å². The minimum Gasteiger partial charge on any atom is -0.373 e. The number of piperidine rings is 1. The van der Waals surface area contributed by atoms with Gasteiger partial charge in [-0.05, 0) is 30.5 Å². The normalized spacial score (nSPS) is 28.4. The Labute approximate surface area is 167 Å². The van der Waals surface area contributed by atoms with Gasteiger partial charge in [-0.3, -0.25) is 4.79 Å². The molecule has 1 aromatic carbocycles. The summed E-state index contributed by atoms with van der Waals surface area (Å²) in [6, 6.07) is 7.48. The average Bonchev–Trinajstić information content (AvgIpc) is 2.58. The number of nitrogens with two attached hydrogens (primary N) is 1. The van der Waals surface area contributed by atoms with Gasteiger partial charge in [-0.2, -0.15) is 0 Å². The van der Waals surface area contributed by atoms with Crippen LogP contribution in [0, 0.1) is 11.8 Å². The van der Waals surface area contributed by atoms with Crippen LogP contribution < -0.4 is 5.73 Å². The molecule has 0 aromatic heterocycles. The van der Waals surface area contributed by atoms with Crippen molar-refractivity contribution in [2.45, 2.75) is 24.9 Å². The van der Waals surface area contributed by atoms with E-state index in [1.807, 2.05) is 18.2 Å². The number of fused-ring (bicyclic) bond motifs is 2. The van der Waals surface area contributed by atoms with Gasteiger partial charge in [0, 0.05) is 50.4 Å². The summed E-state index contributed by atoms with van der Waals surface area (Å²) in [5, 5.41) is 0. The summed E-state index contributed by atoms with van der Waals surface area (Å²) < 4.78 is 29.2. The van der Waals surface area contributed by atoms with E-state index < -0.39 is 21.3 Å². The second kappa shape index (κ2) is 8.47. The Morgan fingerprint density at radius 1 is 1.30 bits per heavy atom. The van der Waals surface area contributed by atoms with Gasteiger partial charge in [0.15, 0.2) is 0 Å². The molecule has 1 aliphatic carbocycles. The third-order valence-corrected chi connectivity index (χ3v) is 6.91. The van der Waals surface area contributed by atoms with Gasteiger partial charge in [0.05, 0.1) is 5.75 Å². The first-order chi connectivity index (χ1) is 12.3. The van der Waals surface area contributed by atoms with Gasteiger partial charge in [-0.1, -0.05) is 18.6 Å². The number of benzene rings is 1. The number of likely N-dealkylation sites (tertiary alicyclic amines) is 1. The second-order valence-electron chi connectivity index (χ2n) is 7.66. The summed E-state index contributed by atoms with van der Waals surface area (Å²) in [4.78, 5) is 13.9. The number of halogens is 1. The lowest BCUT2D eigenvalue weighted by atomic mass is 9.62.